The predicted molar refractivity (Wildman–Crippen MR) is 54.3 cm³/mol. The van der Waals surface area contributed by atoms with Crippen LogP contribution in [0.2, 0.25) is 0 Å². The van der Waals surface area contributed by atoms with Gasteiger partial charge in [-0.3, -0.25) is 4.90 Å². The number of hydrogen-bond acceptors (Lipinski definition) is 1. The largest absolute Gasteiger partial charge is 0.296 e. The minimum absolute atomic E-state index is 0.711. The van der Waals surface area contributed by atoms with Gasteiger partial charge in [0.2, 0.25) is 0 Å². The van der Waals surface area contributed by atoms with Gasteiger partial charge in [0.15, 0.2) is 0 Å². The van der Waals surface area contributed by atoms with Crippen molar-refractivity contribution in [1.29, 1.82) is 0 Å². The Morgan fingerprint density at radius 1 is 1.00 bits per heavy atom. The molecule has 0 radical (unpaired) electrons. The van der Waals surface area contributed by atoms with E-state index >= 15 is 0 Å². The summed E-state index contributed by atoms with van der Waals surface area (Å²) < 4.78 is 0. The minimum atomic E-state index is 0.711. The summed E-state index contributed by atoms with van der Waals surface area (Å²) in [5, 5.41) is 0. The van der Waals surface area contributed by atoms with Crippen LogP contribution in [-0.2, 0) is 0 Å². The predicted octanol–water partition coefficient (Wildman–Crippen LogP) is 2.90. The number of hydrogen-bond donors (Lipinski definition) is 0. The lowest BCUT2D eigenvalue weighted by Gasteiger charge is -2.44. The molecule has 0 aromatic heterocycles. The van der Waals surface area contributed by atoms with Crippen molar-refractivity contribution < 1.29 is 0 Å². The van der Waals surface area contributed by atoms with Crippen LogP contribution in [0.5, 0.6) is 0 Å². The van der Waals surface area contributed by atoms with Gasteiger partial charge in [-0.25, -0.2) is 0 Å². The Balaban J connectivity index is 2.60. The van der Waals surface area contributed by atoms with Gasteiger partial charge in [-0.05, 0) is 46.5 Å². The summed E-state index contributed by atoms with van der Waals surface area (Å²) in [6.07, 6.45) is 2.76. The molecule has 1 aliphatic rings. The number of nitrogens with zero attached hydrogens (tertiary/aromatic N) is 1. The molecule has 0 amide bonds. The Labute approximate surface area is 77.1 Å². The van der Waals surface area contributed by atoms with E-state index in [-0.39, 0.29) is 0 Å². The second kappa shape index (κ2) is 3.78. The molecular formula is C11H23N. The van der Waals surface area contributed by atoms with E-state index in [1.54, 1.807) is 0 Å². The van der Waals surface area contributed by atoms with E-state index < -0.39 is 0 Å². The molecule has 12 heavy (non-hydrogen) atoms. The van der Waals surface area contributed by atoms with Crippen LogP contribution in [-0.4, -0.2) is 23.0 Å². The van der Waals surface area contributed by atoms with Crippen LogP contribution < -0.4 is 0 Å². The molecular weight excluding hydrogens is 146 g/mol. The molecule has 0 saturated carbocycles. The van der Waals surface area contributed by atoms with Gasteiger partial charge in [0.1, 0.15) is 0 Å². The Hall–Kier alpha value is -0.0400. The first kappa shape index (κ1) is 10.0. The normalized spacial score (nSPS) is 39.0. The fourth-order valence-corrected chi connectivity index (χ4v) is 2.96. The third kappa shape index (κ3) is 2.01. The summed E-state index contributed by atoms with van der Waals surface area (Å²) in [7, 11) is 0. The van der Waals surface area contributed by atoms with Crippen molar-refractivity contribution in [3.05, 3.63) is 0 Å². The molecule has 1 aliphatic heterocycles. The maximum atomic E-state index is 2.65. The summed E-state index contributed by atoms with van der Waals surface area (Å²) in [6.45, 7) is 11.7. The lowest BCUT2D eigenvalue weighted by molar-refractivity contribution is 0.0469. The van der Waals surface area contributed by atoms with Crippen LogP contribution >= 0.6 is 0 Å². The zero-order valence-corrected chi connectivity index (χ0v) is 9.17. The SMILES string of the molecule is CC1CC(C)N(C(C)C)C(C)C1. The van der Waals surface area contributed by atoms with Crippen molar-refractivity contribution in [3.8, 4) is 0 Å². The highest BCUT2D eigenvalue weighted by molar-refractivity contribution is 4.84. The van der Waals surface area contributed by atoms with Crippen LogP contribution in [0.4, 0.5) is 0 Å². The highest BCUT2D eigenvalue weighted by atomic mass is 15.2. The van der Waals surface area contributed by atoms with E-state index in [1.807, 2.05) is 0 Å². The molecule has 1 saturated heterocycles. The van der Waals surface area contributed by atoms with Crippen molar-refractivity contribution in [3.63, 3.8) is 0 Å². The minimum Gasteiger partial charge on any atom is -0.296 e. The van der Waals surface area contributed by atoms with Crippen molar-refractivity contribution in [2.45, 2.75) is 65.6 Å². The van der Waals surface area contributed by atoms with E-state index in [0.29, 0.717) is 6.04 Å². The van der Waals surface area contributed by atoms with Gasteiger partial charge >= 0.3 is 0 Å². The average Bonchev–Trinajstić information content (AvgIpc) is 1.82. The van der Waals surface area contributed by atoms with E-state index in [1.165, 1.54) is 12.8 Å². The van der Waals surface area contributed by atoms with Gasteiger partial charge in [0, 0.05) is 18.1 Å². The molecule has 1 fully saturated rings. The van der Waals surface area contributed by atoms with E-state index in [2.05, 4.69) is 39.5 Å². The van der Waals surface area contributed by atoms with Crippen LogP contribution in [0, 0.1) is 5.92 Å². The Morgan fingerprint density at radius 3 is 1.75 bits per heavy atom. The summed E-state index contributed by atoms with van der Waals surface area (Å²) in [4.78, 5) is 2.65. The van der Waals surface area contributed by atoms with Crippen molar-refractivity contribution in [2.24, 2.45) is 5.92 Å². The molecule has 0 aromatic rings. The average molecular weight is 169 g/mol. The zero-order chi connectivity index (χ0) is 9.30. The Bertz CT molecular complexity index is 130. The first-order valence-electron chi connectivity index (χ1n) is 5.29. The molecule has 0 spiro atoms. The lowest BCUT2D eigenvalue weighted by atomic mass is 9.87. The molecule has 0 aliphatic carbocycles. The van der Waals surface area contributed by atoms with E-state index in [0.717, 1.165) is 18.0 Å². The maximum absolute atomic E-state index is 2.65. The molecule has 1 heterocycles. The zero-order valence-electron chi connectivity index (χ0n) is 9.17. The van der Waals surface area contributed by atoms with Gasteiger partial charge in [-0.15, -0.1) is 0 Å². The molecule has 1 nitrogen and oxygen atoms in total. The molecule has 0 bridgehead atoms. The highest BCUT2D eigenvalue weighted by Gasteiger charge is 2.29. The molecule has 2 atom stereocenters. The third-order valence-corrected chi connectivity index (χ3v) is 3.10. The quantitative estimate of drug-likeness (QED) is 0.583. The highest BCUT2D eigenvalue weighted by Crippen LogP contribution is 2.28. The maximum Gasteiger partial charge on any atom is 0.00749 e. The number of piperidine rings is 1. The van der Waals surface area contributed by atoms with Crippen molar-refractivity contribution in [1.82, 2.24) is 4.90 Å². The number of rotatable bonds is 1. The van der Waals surface area contributed by atoms with E-state index in [9.17, 15) is 0 Å². The van der Waals surface area contributed by atoms with Crippen LogP contribution in [0.3, 0.4) is 0 Å². The summed E-state index contributed by atoms with van der Waals surface area (Å²) >= 11 is 0. The molecule has 72 valence electrons. The molecule has 0 N–H and O–H groups in total. The Morgan fingerprint density at radius 2 is 1.42 bits per heavy atom. The van der Waals surface area contributed by atoms with Gasteiger partial charge in [0.05, 0.1) is 0 Å². The molecule has 0 aromatic carbocycles. The fourth-order valence-electron chi connectivity index (χ4n) is 2.96. The van der Waals surface area contributed by atoms with Gasteiger partial charge in [-0.2, -0.15) is 0 Å². The van der Waals surface area contributed by atoms with Crippen LogP contribution in [0.25, 0.3) is 0 Å². The summed E-state index contributed by atoms with van der Waals surface area (Å²) in [6, 6.07) is 2.27. The summed E-state index contributed by atoms with van der Waals surface area (Å²) in [5.74, 6) is 0.921. The van der Waals surface area contributed by atoms with Crippen LogP contribution in [0.15, 0.2) is 0 Å². The second-order valence-corrected chi connectivity index (χ2v) is 4.82. The van der Waals surface area contributed by atoms with Gasteiger partial charge in [0.25, 0.3) is 0 Å². The fraction of sp³-hybridized carbons (Fsp3) is 1.00. The molecule has 1 rings (SSSR count). The number of likely N-dealkylation sites (tertiary alicyclic amines) is 1. The third-order valence-electron chi connectivity index (χ3n) is 3.10. The first-order chi connectivity index (χ1) is 5.52. The summed E-state index contributed by atoms with van der Waals surface area (Å²) in [5.41, 5.74) is 0. The Kier molecular flexibility index (Phi) is 3.16. The molecule has 2 unspecified atom stereocenters. The standard InChI is InChI=1S/C11H23N/c1-8(2)12-10(4)6-9(3)7-11(12)5/h8-11H,6-7H2,1-5H3. The van der Waals surface area contributed by atoms with Gasteiger partial charge in [-0.1, -0.05) is 6.92 Å². The lowest BCUT2D eigenvalue weighted by Crippen LogP contribution is -2.49. The van der Waals surface area contributed by atoms with Gasteiger partial charge < -0.3 is 0 Å². The topological polar surface area (TPSA) is 3.24 Å². The monoisotopic (exact) mass is 169 g/mol. The van der Waals surface area contributed by atoms with Crippen molar-refractivity contribution >= 4 is 0 Å². The van der Waals surface area contributed by atoms with E-state index in [4.69, 9.17) is 0 Å². The first-order valence-corrected chi connectivity index (χ1v) is 5.29. The smallest absolute Gasteiger partial charge is 0.00749 e. The second-order valence-electron chi connectivity index (χ2n) is 4.82. The van der Waals surface area contributed by atoms with Crippen LogP contribution in [0.1, 0.15) is 47.5 Å². The van der Waals surface area contributed by atoms with Crippen molar-refractivity contribution in [2.75, 3.05) is 0 Å². The molecule has 1 heteroatoms.